The minimum absolute atomic E-state index is 0.00148. The number of fused-ring (bicyclic) bond motifs is 1. The Balaban J connectivity index is 2.06. The summed E-state index contributed by atoms with van der Waals surface area (Å²) in [5.41, 5.74) is -1.23. The second-order valence-electron chi connectivity index (χ2n) is 5.14. The molecule has 1 atom stereocenters. The number of rotatable bonds is 3. The highest BCUT2D eigenvalue weighted by atomic mass is 19.1. The van der Waals surface area contributed by atoms with Crippen molar-refractivity contribution >= 4 is 12.2 Å². The van der Waals surface area contributed by atoms with Crippen LogP contribution >= 0.6 is 0 Å². The summed E-state index contributed by atoms with van der Waals surface area (Å²) in [6.07, 6.45) is 5.91. The number of aromatic nitrogens is 2. The maximum Gasteiger partial charge on any atom is 0.271 e. The number of nitrogens with zero attached hydrogens (tertiary/aromatic N) is 2. The van der Waals surface area contributed by atoms with E-state index < -0.39 is 23.9 Å². The topological polar surface area (TPSA) is 64.0 Å². The van der Waals surface area contributed by atoms with Crippen LogP contribution in [0.2, 0.25) is 0 Å². The van der Waals surface area contributed by atoms with Gasteiger partial charge < -0.3 is 9.88 Å². The average Bonchev–Trinajstić information content (AvgIpc) is 2.90. The first-order chi connectivity index (χ1) is 10.1. The van der Waals surface area contributed by atoms with Gasteiger partial charge in [0.2, 0.25) is 0 Å². The minimum atomic E-state index is -1.45. The Bertz CT molecular complexity index is 678. The smallest absolute Gasteiger partial charge is 0.271 e. The van der Waals surface area contributed by atoms with Gasteiger partial charge in [-0.25, -0.2) is 13.8 Å². The number of amides is 1. The summed E-state index contributed by atoms with van der Waals surface area (Å²) in [6.45, 7) is -0.946. The predicted molar refractivity (Wildman–Crippen MR) is 70.3 cm³/mol. The molecule has 110 valence electrons. The fourth-order valence-electron chi connectivity index (χ4n) is 2.83. The van der Waals surface area contributed by atoms with Crippen LogP contribution in [0.15, 0.2) is 29.9 Å². The molecule has 1 N–H and O–H groups in total. The molecule has 1 amide bonds. The maximum absolute atomic E-state index is 14.0. The summed E-state index contributed by atoms with van der Waals surface area (Å²) < 4.78 is 29.1. The zero-order valence-corrected chi connectivity index (χ0v) is 11.1. The molecule has 5 nitrogen and oxygen atoms in total. The van der Waals surface area contributed by atoms with Crippen LogP contribution in [-0.4, -0.2) is 34.0 Å². The quantitative estimate of drug-likeness (QED) is 0.863. The van der Waals surface area contributed by atoms with E-state index in [9.17, 15) is 18.4 Å². The molecule has 0 radical (unpaired) electrons. The van der Waals surface area contributed by atoms with Gasteiger partial charge in [-0.3, -0.25) is 9.59 Å². The standard InChI is InChI=1S/C14H13F2N3O2/c15-6-14(9-3-1-2-4-10(9)16)7-19-8-17-11(5-20)12(19)13(21)18-14/h3-5,8H,1-2,6-7H2,(H,18,21). The molecule has 21 heavy (non-hydrogen) atoms. The van der Waals surface area contributed by atoms with Crippen molar-refractivity contribution in [1.29, 1.82) is 0 Å². The van der Waals surface area contributed by atoms with Crippen LogP contribution in [0.1, 0.15) is 33.8 Å². The molecular weight excluding hydrogens is 280 g/mol. The number of aldehydes is 1. The van der Waals surface area contributed by atoms with Crippen LogP contribution in [0, 0.1) is 0 Å². The SMILES string of the molecule is O=Cc1ncn2c1C(=O)NC(CF)(C1=CCCC=C1F)C2. The molecule has 1 unspecified atom stereocenters. The van der Waals surface area contributed by atoms with Crippen molar-refractivity contribution in [2.24, 2.45) is 0 Å². The van der Waals surface area contributed by atoms with Crippen LogP contribution in [0.3, 0.4) is 0 Å². The van der Waals surface area contributed by atoms with E-state index in [0.29, 0.717) is 19.1 Å². The van der Waals surface area contributed by atoms with Gasteiger partial charge in [0.05, 0.1) is 12.9 Å². The van der Waals surface area contributed by atoms with Crippen molar-refractivity contribution in [3.63, 3.8) is 0 Å². The van der Waals surface area contributed by atoms with Crippen LogP contribution in [0.25, 0.3) is 0 Å². The number of alkyl halides is 1. The number of carbonyl (C=O) groups is 2. The molecular formula is C14H13F2N3O2. The number of allylic oxidation sites excluding steroid dienone is 2. The minimum Gasteiger partial charge on any atom is -0.337 e. The lowest BCUT2D eigenvalue weighted by molar-refractivity contribution is 0.0833. The largest absolute Gasteiger partial charge is 0.337 e. The fourth-order valence-corrected chi connectivity index (χ4v) is 2.83. The van der Waals surface area contributed by atoms with Gasteiger partial charge in [-0.2, -0.15) is 0 Å². The molecule has 3 rings (SSSR count). The lowest BCUT2D eigenvalue weighted by Gasteiger charge is -2.38. The molecule has 2 aliphatic rings. The van der Waals surface area contributed by atoms with E-state index in [1.165, 1.54) is 17.0 Å². The third-order valence-electron chi connectivity index (χ3n) is 3.83. The zero-order chi connectivity index (χ0) is 15.0. The second kappa shape index (κ2) is 4.91. The van der Waals surface area contributed by atoms with E-state index in [-0.39, 0.29) is 23.5 Å². The summed E-state index contributed by atoms with van der Waals surface area (Å²) in [4.78, 5) is 26.9. The third kappa shape index (κ3) is 2.00. The molecule has 0 bridgehead atoms. The van der Waals surface area contributed by atoms with Crippen molar-refractivity contribution in [2.45, 2.75) is 24.9 Å². The molecule has 0 saturated heterocycles. The number of hydrogen-bond acceptors (Lipinski definition) is 3. The predicted octanol–water partition coefficient (Wildman–Crippen LogP) is 1.72. The first-order valence-electron chi connectivity index (χ1n) is 6.57. The lowest BCUT2D eigenvalue weighted by atomic mass is 9.84. The van der Waals surface area contributed by atoms with Gasteiger partial charge in [-0.1, -0.05) is 6.08 Å². The van der Waals surface area contributed by atoms with Crippen LogP contribution < -0.4 is 5.32 Å². The van der Waals surface area contributed by atoms with Gasteiger partial charge in [0.15, 0.2) is 6.29 Å². The summed E-state index contributed by atoms with van der Waals surface area (Å²) in [6, 6.07) is 0. The van der Waals surface area contributed by atoms with Crippen molar-refractivity contribution < 1.29 is 18.4 Å². The van der Waals surface area contributed by atoms with E-state index in [1.807, 2.05) is 0 Å². The number of hydrogen-bond donors (Lipinski definition) is 1. The van der Waals surface area contributed by atoms with Gasteiger partial charge >= 0.3 is 0 Å². The molecule has 7 heteroatoms. The van der Waals surface area contributed by atoms with Crippen molar-refractivity contribution in [1.82, 2.24) is 14.9 Å². The zero-order valence-electron chi connectivity index (χ0n) is 11.1. The second-order valence-corrected chi connectivity index (χ2v) is 5.14. The highest BCUT2D eigenvalue weighted by molar-refractivity contribution is 6.00. The number of halogens is 2. The molecule has 0 fully saturated rings. The van der Waals surface area contributed by atoms with Crippen LogP contribution in [-0.2, 0) is 6.54 Å². The molecule has 0 saturated carbocycles. The molecule has 1 aliphatic carbocycles. The fraction of sp³-hybridized carbons (Fsp3) is 0.357. The maximum atomic E-state index is 14.0. The molecule has 1 aliphatic heterocycles. The van der Waals surface area contributed by atoms with E-state index in [1.54, 1.807) is 6.08 Å². The first kappa shape index (κ1) is 13.7. The van der Waals surface area contributed by atoms with Gasteiger partial charge in [-0.15, -0.1) is 0 Å². The Morgan fingerprint density at radius 2 is 2.19 bits per heavy atom. The normalized spacial score (nSPS) is 24.8. The van der Waals surface area contributed by atoms with Crippen LogP contribution in [0.4, 0.5) is 8.78 Å². The van der Waals surface area contributed by atoms with Crippen molar-refractivity contribution in [2.75, 3.05) is 6.67 Å². The summed E-state index contributed by atoms with van der Waals surface area (Å²) >= 11 is 0. The first-order valence-corrected chi connectivity index (χ1v) is 6.57. The molecule has 1 aromatic heterocycles. The Kier molecular flexibility index (Phi) is 3.19. The highest BCUT2D eigenvalue weighted by Crippen LogP contribution is 2.34. The number of carbonyl (C=O) groups excluding carboxylic acids is 2. The molecule has 1 aromatic rings. The summed E-state index contributed by atoms with van der Waals surface area (Å²) in [7, 11) is 0. The summed E-state index contributed by atoms with van der Waals surface area (Å²) in [5.74, 6) is -1.14. The van der Waals surface area contributed by atoms with E-state index >= 15 is 0 Å². The Labute approximate surface area is 119 Å². The number of nitrogens with one attached hydrogen (secondary N) is 1. The van der Waals surface area contributed by atoms with Crippen molar-refractivity contribution in [3.8, 4) is 0 Å². The Morgan fingerprint density at radius 3 is 2.86 bits per heavy atom. The average molecular weight is 293 g/mol. The number of imidazole rings is 1. The Hall–Kier alpha value is -2.31. The van der Waals surface area contributed by atoms with Crippen molar-refractivity contribution in [3.05, 3.63) is 41.3 Å². The molecule has 2 heterocycles. The lowest BCUT2D eigenvalue weighted by Crippen LogP contribution is -2.58. The van der Waals surface area contributed by atoms with E-state index in [4.69, 9.17) is 0 Å². The van der Waals surface area contributed by atoms with E-state index in [2.05, 4.69) is 10.3 Å². The summed E-state index contributed by atoms with van der Waals surface area (Å²) in [5, 5.41) is 2.51. The van der Waals surface area contributed by atoms with E-state index in [0.717, 1.165) is 0 Å². The third-order valence-corrected chi connectivity index (χ3v) is 3.83. The van der Waals surface area contributed by atoms with Crippen LogP contribution in [0.5, 0.6) is 0 Å². The molecule has 0 aromatic carbocycles. The van der Waals surface area contributed by atoms with Gasteiger partial charge in [0, 0.05) is 5.57 Å². The van der Waals surface area contributed by atoms with Gasteiger partial charge in [-0.05, 0) is 18.9 Å². The highest BCUT2D eigenvalue weighted by Gasteiger charge is 2.44. The monoisotopic (exact) mass is 293 g/mol. The van der Waals surface area contributed by atoms with Gasteiger partial charge in [0.1, 0.15) is 29.4 Å². The van der Waals surface area contributed by atoms with Gasteiger partial charge in [0.25, 0.3) is 5.91 Å². The molecule has 0 spiro atoms. The Morgan fingerprint density at radius 1 is 1.43 bits per heavy atom.